The number of hydrogen-bond acceptors (Lipinski definition) is 3. The Morgan fingerprint density at radius 3 is 2.80 bits per heavy atom. The molecule has 0 aliphatic carbocycles. The minimum Gasteiger partial charge on any atom is -0.379 e. The molecular weight excluding hydrogens is 254 g/mol. The van der Waals surface area contributed by atoms with Crippen molar-refractivity contribution < 1.29 is 9.53 Å². The van der Waals surface area contributed by atoms with Crippen LogP contribution in [0.5, 0.6) is 0 Å². The topological polar surface area (TPSA) is 67.6 Å². The predicted molar refractivity (Wildman–Crippen MR) is 80.0 cm³/mol. The van der Waals surface area contributed by atoms with E-state index in [4.69, 9.17) is 10.5 Å². The molecule has 3 N–H and O–H groups in total. The van der Waals surface area contributed by atoms with Crippen molar-refractivity contribution in [3.63, 3.8) is 0 Å². The summed E-state index contributed by atoms with van der Waals surface area (Å²) in [5.41, 5.74) is 7.65. The molecule has 0 saturated carbocycles. The van der Waals surface area contributed by atoms with Crippen LogP contribution in [0.4, 0.5) is 10.5 Å². The van der Waals surface area contributed by atoms with Crippen molar-refractivity contribution in [2.24, 2.45) is 5.73 Å². The molecule has 5 heteroatoms. The minimum absolute atomic E-state index is 0.0715. The zero-order chi connectivity index (χ0) is 14.4. The van der Waals surface area contributed by atoms with Crippen LogP contribution in [0.2, 0.25) is 0 Å². The summed E-state index contributed by atoms with van der Waals surface area (Å²) in [6.07, 6.45) is 1.66. The number of rotatable bonds is 5. The second kappa shape index (κ2) is 7.26. The molecule has 0 bridgehead atoms. The van der Waals surface area contributed by atoms with Crippen molar-refractivity contribution in [1.29, 1.82) is 0 Å². The molecule has 1 aliphatic rings. The van der Waals surface area contributed by atoms with E-state index in [1.165, 1.54) is 5.56 Å². The van der Waals surface area contributed by atoms with E-state index in [9.17, 15) is 4.79 Å². The molecule has 110 valence electrons. The van der Waals surface area contributed by atoms with Gasteiger partial charge in [0.2, 0.25) is 0 Å². The third kappa shape index (κ3) is 3.95. The number of carbonyl (C=O) groups excluding carboxylic acids is 1. The molecule has 2 rings (SSSR count). The van der Waals surface area contributed by atoms with E-state index < -0.39 is 0 Å². The molecule has 1 fully saturated rings. The van der Waals surface area contributed by atoms with Gasteiger partial charge in [0, 0.05) is 18.8 Å². The third-order valence-electron chi connectivity index (χ3n) is 3.43. The summed E-state index contributed by atoms with van der Waals surface area (Å²) in [7, 11) is 0. The SMILES string of the molecule is Cc1ccc(N(CCCN)C(=O)NC2CCOC2)cc1. The quantitative estimate of drug-likeness (QED) is 0.860. The van der Waals surface area contributed by atoms with Gasteiger partial charge in [-0.25, -0.2) is 4.79 Å². The third-order valence-corrected chi connectivity index (χ3v) is 3.43. The smallest absolute Gasteiger partial charge is 0.322 e. The van der Waals surface area contributed by atoms with Crippen LogP contribution in [0, 0.1) is 6.92 Å². The zero-order valence-corrected chi connectivity index (χ0v) is 12.0. The Kier molecular flexibility index (Phi) is 5.38. The highest BCUT2D eigenvalue weighted by Crippen LogP contribution is 2.16. The number of ether oxygens (including phenoxy) is 1. The van der Waals surface area contributed by atoms with Crippen LogP contribution in [-0.4, -0.2) is 38.4 Å². The number of benzene rings is 1. The van der Waals surface area contributed by atoms with Gasteiger partial charge in [-0.15, -0.1) is 0 Å². The van der Waals surface area contributed by atoms with Crippen molar-refractivity contribution in [3.05, 3.63) is 29.8 Å². The van der Waals surface area contributed by atoms with Gasteiger partial charge in [0.15, 0.2) is 0 Å². The Balaban J connectivity index is 2.05. The van der Waals surface area contributed by atoms with E-state index in [1.54, 1.807) is 4.90 Å². The lowest BCUT2D eigenvalue weighted by Gasteiger charge is -2.25. The molecule has 1 saturated heterocycles. The van der Waals surface area contributed by atoms with Crippen LogP contribution in [0.15, 0.2) is 24.3 Å². The van der Waals surface area contributed by atoms with Gasteiger partial charge in [0.1, 0.15) is 0 Å². The molecule has 0 spiro atoms. The number of nitrogens with two attached hydrogens (primary N) is 1. The Morgan fingerprint density at radius 2 is 2.20 bits per heavy atom. The van der Waals surface area contributed by atoms with Crippen LogP contribution in [0.3, 0.4) is 0 Å². The van der Waals surface area contributed by atoms with Gasteiger partial charge in [0.25, 0.3) is 0 Å². The summed E-state index contributed by atoms with van der Waals surface area (Å²) in [5, 5.41) is 3.02. The molecule has 1 aliphatic heterocycles. The maximum Gasteiger partial charge on any atom is 0.322 e. The molecular formula is C15H23N3O2. The van der Waals surface area contributed by atoms with E-state index >= 15 is 0 Å². The summed E-state index contributed by atoms with van der Waals surface area (Å²) < 4.78 is 5.29. The predicted octanol–water partition coefficient (Wildman–Crippen LogP) is 1.65. The first-order valence-corrected chi connectivity index (χ1v) is 7.13. The van der Waals surface area contributed by atoms with Crippen LogP contribution in [0.1, 0.15) is 18.4 Å². The summed E-state index contributed by atoms with van der Waals surface area (Å²) in [6, 6.07) is 8.01. The molecule has 0 aromatic heterocycles. The number of amides is 2. The van der Waals surface area contributed by atoms with Gasteiger partial charge >= 0.3 is 6.03 Å². The van der Waals surface area contributed by atoms with Crippen molar-refractivity contribution >= 4 is 11.7 Å². The highest BCUT2D eigenvalue weighted by molar-refractivity contribution is 5.92. The molecule has 1 unspecified atom stereocenters. The average molecular weight is 277 g/mol. The van der Waals surface area contributed by atoms with Gasteiger partial charge in [-0.2, -0.15) is 0 Å². The number of hydrogen-bond donors (Lipinski definition) is 2. The maximum atomic E-state index is 12.4. The second-order valence-electron chi connectivity index (χ2n) is 5.14. The minimum atomic E-state index is -0.0715. The number of urea groups is 1. The molecule has 1 heterocycles. The normalized spacial score (nSPS) is 18.0. The molecule has 2 amide bonds. The first-order chi connectivity index (χ1) is 9.70. The Labute approximate surface area is 120 Å². The van der Waals surface area contributed by atoms with Gasteiger partial charge in [-0.3, -0.25) is 4.90 Å². The maximum absolute atomic E-state index is 12.4. The fourth-order valence-corrected chi connectivity index (χ4v) is 2.22. The van der Waals surface area contributed by atoms with Gasteiger partial charge in [-0.1, -0.05) is 17.7 Å². The van der Waals surface area contributed by atoms with Crippen LogP contribution >= 0.6 is 0 Å². The van der Waals surface area contributed by atoms with Crippen LogP contribution in [0.25, 0.3) is 0 Å². The Bertz CT molecular complexity index is 427. The lowest BCUT2D eigenvalue weighted by Crippen LogP contribution is -2.46. The van der Waals surface area contributed by atoms with E-state index in [-0.39, 0.29) is 12.1 Å². The fraction of sp³-hybridized carbons (Fsp3) is 0.533. The largest absolute Gasteiger partial charge is 0.379 e. The molecule has 0 radical (unpaired) electrons. The van der Waals surface area contributed by atoms with Crippen LogP contribution < -0.4 is 16.0 Å². The first kappa shape index (κ1) is 14.8. The van der Waals surface area contributed by atoms with E-state index in [1.807, 2.05) is 31.2 Å². The summed E-state index contributed by atoms with van der Waals surface area (Å²) in [4.78, 5) is 14.2. The summed E-state index contributed by atoms with van der Waals surface area (Å²) >= 11 is 0. The standard InChI is InChI=1S/C15H23N3O2/c1-12-3-5-14(6-4-12)18(9-2-8-16)15(19)17-13-7-10-20-11-13/h3-6,13H,2,7-11,16H2,1H3,(H,17,19). The molecule has 1 atom stereocenters. The van der Waals surface area contributed by atoms with E-state index in [2.05, 4.69) is 5.32 Å². The highest BCUT2D eigenvalue weighted by Gasteiger charge is 2.22. The molecule has 5 nitrogen and oxygen atoms in total. The number of nitrogens with one attached hydrogen (secondary N) is 1. The van der Waals surface area contributed by atoms with E-state index in [0.717, 1.165) is 25.1 Å². The van der Waals surface area contributed by atoms with Gasteiger partial charge in [0.05, 0.1) is 12.6 Å². The molecule has 1 aromatic carbocycles. The summed E-state index contributed by atoms with van der Waals surface area (Å²) in [5.74, 6) is 0. The lowest BCUT2D eigenvalue weighted by atomic mass is 10.2. The van der Waals surface area contributed by atoms with Crippen molar-refractivity contribution in [2.45, 2.75) is 25.8 Å². The average Bonchev–Trinajstić information content (AvgIpc) is 2.94. The number of carbonyl (C=O) groups is 1. The monoisotopic (exact) mass is 277 g/mol. The highest BCUT2D eigenvalue weighted by atomic mass is 16.5. The Morgan fingerprint density at radius 1 is 1.45 bits per heavy atom. The van der Waals surface area contributed by atoms with E-state index in [0.29, 0.717) is 19.7 Å². The number of anilines is 1. The van der Waals surface area contributed by atoms with Crippen molar-refractivity contribution in [1.82, 2.24) is 5.32 Å². The molecule has 1 aromatic rings. The van der Waals surface area contributed by atoms with Gasteiger partial charge < -0.3 is 15.8 Å². The van der Waals surface area contributed by atoms with Gasteiger partial charge in [-0.05, 0) is 38.4 Å². The number of aryl methyl sites for hydroxylation is 1. The van der Waals surface area contributed by atoms with Crippen molar-refractivity contribution in [2.75, 3.05) is 31.2 Å². The zero-order valence-electron chi connectivity index (χ0n) is 12.0. The number of nitrogens with zero attached hydrogens (tertiary/aromatic N) is 1. The second-order valence-corrected chi connectivity index (χ2v) is 5.14. The Hall–Kier alpha value is -1.59. The molecule has 20 heavy (non-hydrogen) atoms. The first-order valence-electron chi connectivity index (χ1n) is 7.13. The van der Waals surface area contributed by atoms with Crippen LogP contribution in [-0.2, 0) is 4.74 Å². The van der Waals surface area contributed by atoms with Crippen molar-refractivity contribution in [3.8, 4) is 0 Å². The summed E-state index contributed by atoms with van der Waals surface area (Å²) in [6.45, 7) is 4.55. The lowest BCUT2D eigenvalue weighted by molar-refractivity contribution is 0.189. The fourth-order valence-electron chi connectivity index (χ4n) is 2.22.